The van der Waals surface area contributed by atoms with Crippen LogP contribution in [0.4, 0.5) is 5.69 Å². The van der Waals surface area contributed by atoms with Gasteiger partial charge in [-0.1, -0.05) is 42.5 Å². The standard InChI is InChI=1S/C28H20N2O6/c1-15-23(30-27(35-15)17-8-4-3-5-9-17)28(34)36-16(2)26(33)29-18-12-13-21-22(14-18)25(32)20-11-7-6-10-19(20)24(21)31/h3-14,16H,1-2H3,(H,29,33)/t16-/m0/s1. The van der Waals surface area contributed by atoms with Gasteiger partial charge < -0.3 is 14.5 Å². The number of carbonyl (C=O) groups excluding carboxylic acids is 4. The minimum Gasteiger partial charge on any atom is -0.448 e. The average Bonchev–Trinajstić information content (AvgIpc) is 3.29. The molecule has 1 aliphatic carbocycles. The molecule has 0 radical (unpaired) electrons. The van der Waals surface area contributed by atoms with Crippen molar-refractivity contribution in [2.75, 3.05) is 5.32 Å². The van der Waals surface area contributed by atoms with Crippen LogP contribution < -0.4 is 5.32 Å². The molecule has 5 rings (SSSR count). The van der Waals surface area contributed by atoms with Crippen LogP contribution in [-0.4, -0.2) is 34.5 Å². The minimum atomic E-state index is -1.16. The number of hydrogen-bond acceptors (Lipinski definition) is 7. The Kier molecular flexibility index (Phi) is 5.77. The van der Waals surface area contributed by atoms with Crippen molar-refractivity contribution in [1.82, 2.24) is 4.98 Å². The number of fused-ring (bicyclic) bond motifs is 2. The molecule has 1 aliphatic rings. The normalized spacial score (nSPS) is 12.9. The number of oxazole rings is 1. The zero-order valence-electron chi connectivity index (χ0n) is 19.4. The molecule has 1 aromatic heterocycles. The average molecular weight is 480 g/mol. The van der Waals surface area contributed by atoms with Gasteiger partial charge in [0.1, 0.15) is 5.76 Å². The molecule has 8 heteroatoms. The first kappa shape index (κ1) is 22.9. The van der Waals surface area contributed by atoms with Gasteiger partial charge in [0.25, 0.3) is 5.91 Å². The van der Waals surface area contributed by atoms with E-state index in [0.717, 1.165) is 0 Å². The number of amides is 1. The van der Waals surface area contributed by atoms with Crippen molar-refractivity contribution < 1.29 is 28.3 Å². The van der Waals surface area contributed by atoms with E-state index in [2.05, 4.69) is 10.3 Å². The number of nitrogens with zero attached hydrogens (tertiary/aromatic N) is 1. The van der Waals surface area contributed by atoms with Crippen LogP contribution in [0.5, 0.6) is 0 Å². The molecule has 1 N–H and O–H groups in total. The van der Waals surface area contributed by atoms with Gasteiger partial charge in [-0.15, -0.1) is 0 Å². The van der Waals surface area contributed by atoms with Gasteiger partial charge in [0.05, 0.1) is 0 Å². The lowest BCUT2D eigenvalue weighted by Gasteiger charge is -2.19. The third kappa shape index (κ3) is 4.09. The van der Waals surface area contributed by atoms with Gasteiger partial charge in [0.2, 0.25) is 5.89 Å². The first-order chi connectivity index (χ1) is 17.3. The van der Waals surface area contributed by atoms with E-state index < -0.39 is 18.0 Å². The van der Waals surface area contributed by atoms with Crippen molar-refractivity contribution in [2.45, 2.75) is 20.0 Å². The molecule has 0 fully saturated rings. The number of aromatic nitrogens is 1. The summed E-state index contributed by atoms with van der Waals surface area (Å²) in [5.41, 5.74) is 2.12. The Labute approximate surface area is 205 Å². The highest BCUT2D eigenvalue weighted by Gasteiger charge is 2.30. The SMILES string of the molecule is Cc1oc(-c2ccccc2)nc1C(=O)O[C@@H](C)C(=O)Nc1ccc2c(c1)C(=O)c1ccccc1C2=O. The molecular weight excluding hydrogens is 460 g/mol. The maximum Gasteiger partial charge on any atom is 0.361 e. The Morgan fingerprint density at radius 3 is 2.17 bits per heavy atom. The molecule has 178 valence electrons. The Morgan fingerprint density at radius 2 is 1.47 bits per heavy atom. The summed E-state index contributed by atoms with van der Waals surface area (Å²) >= 11 is 0. The van der Waals surface area contributed by atoms with E-state index in [1.807, 2.05) is 18.2 Å². The molecule has 0 aliphatic heterocycles. The molecular formula is C28H20N2O6. The molecule has 36 heavy (non-hydrogen) atoms. The van der Waals surface area contributed by atoms with Gasteiger partial charge >= 0.3 is 5.97 Å². The van der Waals surface area contributed by atoms with Crippen molar-refractivity contribution in [3.63, 3.8) is 0 Å². The Morgan fingerprint density at radius 1 is 0.861 bits per heavy atom. The molecule has 1 heterocycles. The maximum atomic E-state index is 12.9. The lowest BCUT2D eigenvalue weighted by atomic mass is 9.84. The summed E-state index contributed by atoms with van der Waals surface area (Å²) in [6, 6.07) is 20.2. The van der Waals surface area contributed by atoms with Crippen molar-refractivity contribution in [1.29, 1.82) is 0 Å². The van der Waals surface area contributed by atoms with E-state index in [1.54, 1.807) is 43.3 Å². The predicted molar refractivity (Wildman–Crippen MR) is 130 cm³/mol. The van der Waals surface area contributed by atoms with Gasteiger partial charge in [-0.25, -0.2) is 9.78 Å². The fraction of sp³-hybridized carbons (Fsp3) is 0.107. The maximum absolute atomic E-state index is 12.9. The third-order valence-electron chi connectivity index (χ3n) is 5.86. The van der Waals surface area contributed by atoms with Gasteiger partial charge in [0.15, 0.2) is 23.4 Å². The van der Waals surface area contributed by atoms with Crippen LogP contribution in [0.15, 0.2) is 77.2 Å². The van der Waals surface area contributed by atoms with Crippen molar-refractivity contribution >= 4 is 29.1 Å². The number of nitrogens with one attached hydrogen (secondary N) is 1. The van der Waals surface area contributed by atoms with E-state index >= 15 is 0 Å². The van der Waals surface area contributed by atoms with Crippen molar-refractivity contribution in [3.05, 3.63) is 107 Å². The quantitative estimate of drug-likeness (QED) is 0.365. The zero-order valence-corrected chi connectivity index (χ0v) is 19.4. The van der Waals surface area contributed by atoms with Crippen molar-refractivity contribution in [3.8, 4) is 11.5 Å². The Balaban J connectivity index is 1.29. The summed E-state index contributed by atoms with van der Waals surface area (Å²) in [6.45, 7) is 3.01. The van der Waals surface area contributed by atoms with Gasteiger partial charge in [-0.3, -0.25) is 14.4 Å². The number of carbonyl (C=O) groups is 4. The fourth-order valence-corrected chi connectivity index (χ4v) is 3.98. The molecule has 0 saturated carbocycles. The molecule has 1 atom stereocenters. The molecule has 0 bridgehead atoms. The van der Waals surface area contributed by atoms with E-state index in [4.69, 9.17) is 9.15 Å². The topological polar surface area (TPSA) is 116 Å². The second-order valence-corrected chi connectivity index (χ2v) is 8.29. The number of aryl methyl sites for hydroxylation is 1. The van der Waals surface area contributed by atoms with E-state index in [9.17, 15) is 19.2 Å². The fourth-order valence-electron chi connectivity index (χ4n) is 3.98. The van der Waals surface area contributed by atoms with Crippen LogP contribution in [0.1, 0.15) is 55.0 Å². The highest BCUT2D eigenvalue weighted by molar-refractivity contribution is 6.28. The molecule has 0 unspecified atom stereocenters. The number of hydrogen-bond donors (Lipinski definition) is 1. The van der Waals surface area contributed by atoms with Crippen LogP contribution >= 0.6 is 0 Å². The van der Waals surface area contributed by atoms with Crippen LogP contribution in [0.3, 0.4) is 0 Å². The number of anilines is 1. The lowest BCUT2D eigenvalue weighted by molar-refractivity contribution is -0.123. The second-order valence-electron chi connectivity index (χ2n) is 8.29. The van der Waals surface area contributed by atoms with Gasteiger partial charge in [-0.05, 0) is 44.2 Å². The molecule has 3 aromatic carbocycles. The third-order valence-corrected chi connectivity index (χ3v) is 5.86. The summed E-state index contributed by atoms with van der Waals surface area (Å²) < 4.78 is 10.9. The van der Waals surface area contributed by atoms with Gasteiger partial charge in [-0.2, -0.15) is 0 Å². The summed E-state index contributed by atoms with van der Waals surface area (Å²) in [6.07, 6.45) is -1.16. The molecule has 0 spiro atoms. The van der Waals surface area contributed by atoms with E-state index in [-0.39, 0.29) is 40.0 Å². The second kappa shape index (κ2) is 9.07. The molecule has 8 nitrogen and oxygen atoms in total. The first-order valence-electron chi connectivity index (χ1n) is 11.2. The largest absolute Gasteiger partial charge is 0.448 e. The first-order valence-corrected chi connectivity index (χ1v) is 11.2. The van der Waals surface area contributed by atoms with E-state index in [0.29, 0.717) is 22.4 Å². The number of rotatable bonds is 5. The number of benzene rings is 3. The monoisotopic (exact) mass is 480 g/mol. The van der Waals surface area contributed by atoms with Crippen LogP contribution in [0.25, 0.3) is 11.5 Å². The summed E-state index contributed by atoms with van der Waals surface area (Å²) in [7, 11) is 0. The highest BCUT2D eigenvalue weighted by Crippen LogP contribution is 2.29. The lowest BCUT2D eigenvalue weighted by Crippen LogP contribution is -2.30. The van der Waals surface area contributed by atoms with Crippen molar-refractivity contribution in [2.24, 2.45) is 0 Å². The zero-order chi connectivity index (χ0) is 25.4. The minimum absolute atomic E-state index is 0.0231. The van der Waals surface area contributed by atoms with Gasteiger partial charge in [0, 0.05) is 33.5 Å². The molecule has 0 saturated heterocycles. The number of ether oxygens (including phenoxy) is 1. The summed E-state index contributed by atoms with van der Waals surface area (Å²) in [4.78, 5) is 55.3. The summed E-state index contributed by atoms with van der Waals surface area (Å²) in [5.74, 6) is -1.42. The van der Waals surface area contributed by atoms with E-state index in [1.165, 1.54) is 25.1 Å². The Bertz CT molecular complexity index is 1540. The molecule has 4 aromatic rings. The van der Waals surface area contributed by atoms with Crippen LogP contribution in [0.2, 0.25) is 0 Å². The Hall–Kier alpha value is -4.85. The predicted octanol–water partition coefficient (Wildman–Crippen LogP) is 4.61. The van der Waals surface area contributed by atoms with Crippen LogP contribution in [0, 0.1) is 6.92 Å². The highest BCUT2D eigenvalue weighted by atomic mass is 16.5. The number of ketones is 2. The summed E-state index contributed by atoms with van der Waals surface area (Å²) in [5, 5.41) is 2.63. The smallest absolute Gasteiger partial charge is 0.361 e. The number of esters is 1. The van der Waals surface area contributed by atoms with Crippen LogP contribution in [-0.2, 0) is 9.53 Å². The molecule has 1 amide bonds.